The van der Waals surface area contributed by atoms with Gasteiger partial charge in [-0.05, 0) is 30.3 Å². The van der Waals surface area contributed by atoms with E-state index in [1.165, 1.54) is 25.1 Å². The predicted molar refractivity (Wildman–Crippen MR) is 132 cm³/mol. The lowest BCUT2D eigenvalue weighted by atomic mass is 9.77. The highest BCUT2D eigenvalue weighted by Crippen LogP contribution is 2.57. The highest BCUT2D eigenvalue weighted by atomic mass is 16.7. The molecule has 1 saturated heterocycles. The number of benzene rings is 3. The van der Waals surface area contributed by atoms with Crippen molar-refractivity contribution in [3.05, 3.63) is 82.9 Å². The minimum Gasteiger partial charge on any atom is -0.508 e. The van der Waals surface area contributed by atoms with Crippen LogP contribution in [-0.2, 0) is 19.9 Å². The number of esters is 1. The zero-order chi connectivity index (χ0) is 27.5. The normalized spacial score (nSPS) is 28.5. The first-order valence-corrected chi connectivity index (χ1v) is 12.3. The molecule has 5 N–H and O–H groups in total. The molecule has 1 spiro atoms. The van der Waals surface area contributed by atoms with E-state index in [4.69, 9.17) is 18.9 Å². The van der Waals surface area contributed by atoms with E-state index in [0.29, 0.717) is 22.3 Å². The largest absolute Gasteiger partial charge is 0.508 e. The summed E-state index contributed by atoms with van der Waals surface area (Å²) in [7, 11) is 0. The summed E-state index contributed by atoms with van der Waals surface area (Å²) in [5.74, 6) is -0.303. The fourth-order valence-electron chi connectivity index (χ4n) is 5.42. The Morgan fingerprint density at radius 1 is 1.00 bits per heavy atom. The molecule has 0 radical (unpaired) electrons. The molecule has 6 atom stereocenters. The SMILES string of the molecule is CC(=O)N[C@H]1[C@H](Oc2ccc3c(c2)Oc2cc(O)ccc2[C@@]32OC(=O)c3ccccc32)O[C@H](CO)[C@@H](O)[C@@H]1O. The van der Waals surface area contributed by atoms with E-state index in [1.807, 2.05) is 0 Å². The molecule has 11 nitrogen and oxygen atoms in total. The van der Waals surface area contributed by atoms with Gasteiger partial charge in [0, 0.05) is 35.7 Å². The second-order valence-electron chi connectivity index (χ2n) is 9.61. The summed E-state index contributed by atoms with van der Waals surface area (Å²) in [6.07, 6.45) is -5.37. The van der Waals surface area contributed by atoms with Gasteiger partial charge in [0.1, 0.15) is 47.4 Å². The smallest absolute Gasteiger partial charge is 0.340 e. The molecule has 11 heteroatoms. The standard InChI is InChI=1S/C28H25NO10/c1-13(31)29-23-25(34)24(33)22(12-30)38-27(23)36-15-7-9-19-21(11-15)37-20-10-14(32)6-8-18(20)28(19)17-5-3-2-4-16(17)26(35)39-28/h2-11,22-25,27,30,32-34H,12H2,1H3,(H,29,31)/t22-,23-,24-,25-,27-,28-/m1/s1. The van der Waals surface area contributed by atoms with E-state index in [1.54, 1.807) is 42.5 Å². The third-order valence-corrected chi connectivity index (χ3v) is 7.17. The van der Waals surface area contributed by atoms with Crippen molar-refractivity contribution in [2.24, 2.45) is 0 Å². The van der Waals surface area contributed by atoms with Gasteiger partial charge in [0.2, 0.25) is 12.2 Å². The van der Waals surface area contributed by atoms with Crippen molar-refractivity contribution in [3.63, 3.8) is 0 Å². The molecule has 0 aliphatic carbocycles. The van der Waals surface area contributed by atoms with Gasteiger partial charge in [0.15, 0.2) is 5.60 Å². The highest BCUT2D eigenvalue weighted by molar-refractivity contribution is 5.97. The van der Waals surface area contributed by atoms with E-state index in [9.17, 15) is 30.0 Å². The van der Waals surface area contributed by atoms with Crippen LogP contribution in [0.5, 0.6) is 23.0 Å². The van der Waals surface area contributed by atoms with Crippen LogP contribution in [0.3, 0.4) is 0 Å². The number of carbonyl (C=O) groups excluding carboxylic acids is 2. The summed E-state index contributed by atoms with van der Waals surface area (Å²) in [6.45, 7) is 0.653. The number of carbonyl (C=O) groups is 2. The van der Waals surface area contributed by atoms with Gasteiger partial charge >= 0.3 is 5.97 Å². The Bertz CT molecular complexity index is 1470. The molecule has 0 aromatic heterocycles. The Kier molecular flexibility index (Phi) is 5.96. The van der Waals surface area contributed by atoms with Crippen LogP contribution in [0.2, 0.25) is 0 Å². The quantitative estimate of drug-likeness (QED) is 0.308. The van der Waals surface area contributed by atoms with Crippen molar-refractivity contribution in [2.45, 2.75) is 43.2 Å². The number of fused-ring (bicyclic) bond motifs is 6. The van der Waals surface area contributed by atoms with Crippen molar-refractivity contribution in [2.75, 3.05) is 6.61 Å². The topological polar surface area (TPSA) is 164 Å². The third kappa shape index (κ3) is 3.90. The fourth-order valence-corrected chi connectivity index (χ4v) is 5.42. The van der Waals surface area contributed by atoms with Crippen LogP contribution in [0, 0.1) is 0 Å². The third-order valence-electron chi connectivity index (χ3n) is 7.17. The Morgan fingerprint density at radius 3 is 2.46 bits per heavy atom. The number of hydrogen-bond donors (Lipinski definition) is 5. The number of aliphatic hydroxyl groups excluding tert-OH is 3. The molecular formula is C28H25NO10. The predicted octanol–water partition coefficient (Wildman–Crippen LogP) is 1.28. The number of ether oxygens (including phenoxy) is 4. The minimum absolute atomic E-state index is 0.0475. The summed E-state index contributed by atoms with van der Waals surface area (Å²) < 4.78 is 23.8. The second kappa shape index (κ2) is 9.24. The second-order valence-corrected chi connectivity index (χ2v) is 9.61. The van der Waals surface area contributed by atoms with Crippen LogP contribution < -0.4 is 14.8 Å². The molecule has 6 rings (SSSR count). The highest BCUT2D eigenvalue weighted by Gasteiger charge is 2.53. The molecule has 0 saturated carbocycles. The van der Waals surface area contributed by atoms with Crippen LogP contribution >= 0.6 is 0 Å². The lowest BCUT2D eigenvalue weighted by Crippen LogP contribution is -2.65. The van der Waals surface area contributed by atoms with E-state index in [-0.39, 0.29) is 23.0 Å². The minimum atomic E-state index is -1.48. The molecule has 3 aliphatic heterocycles. The van der Waals surface area contributed by atoms with Gasteiger partial charge in [0.05, 0.1) is 12.2 Å². The van der Waals surface area contributed by atoms with Gasteiger partial charge in [-0.3, -0.25) is 4.79 Å². The molecule has 1 fully saturated rings. The van der Waals surface area contributed by atoms with E-state index < -0.39 is 54.7 Å². The fraction of sp³-hybridized carbons (Fsp3) is 0.286. The lowest BCUT2D eigenvalue weighted by Gasteiger charge is -2.42. The Balaban J connectivity index is 1.42. The number of phenols is 1. The van der Waals surface area contributed by atoms with Gasteiger partial charge in [-0.15, -0.1) is 0 Å². The van der Waals surface area contributed by atoms with Gasteiger partial charge < -0.3 is 44.7 Å². The molecule has 3 aliphatic rings. The zero-order valence-electron chi connectivity index (χ0n) is 20.6. The first kappa shape index (κ1) is 25.1. The Hall–Kier alpha value is -4.16. The molecule has 3 aromatic rings. The van der Waals surface area contributed by atoms with Crippen molar-refractivity contribution in [1.82, 2.24) is 5.32 Å². The molecule has 1 amide bonds. The average Bonchev–Trinajstić information content (AvgIpc) is 3.20. The molecular weight excluding hydrogens is 510 g/mol. The van der Waals surface area contributed by atoms with E-state index in [2.05, 4.69) is 5.32 Å². The van der Waals surface area contributed by atoms with Gasteiger partial charge in [-0.2, -0.15) is 0 Å². The van der Waals surface area contributed by atoms with Crippen LogP contribution in [0.1, 0.15) is 34.0 Å². The van der Waals surface area contributed by atoms with Crippen LogP contribution in [-0.4, -0.2) is 69.6 Å². The zero-order valence-corrected chi connectivity index (χ0v) is 20.6. The number of phenolic OH excluding ortho intramolecular Hbond substituents is 1. The van der Waals surface area contributed by atoms with Crippen molar-refractivity contribution in [1.29, 1.82) is 0 Å². The van der Waals surface area contributed by atoms with Crippen LogP contribution in [0.15, 0.2) is 60.7 Å². The van der Waals surface area contributed by atoms with Crippen molar-refractivity contribution in [3.8, 4) is 23.0 Å². The maximum absolute atomic E-state index is 12.9. The first-order chi connectivity index (χ1) is 18.7. The summed E-state index contributed by atoms with van der Waals surface area (Å²) in [5, 5.41) is 43.1. The maximum Gasteiger partial charge on any atom is 0.340 e. The maximum atomic E-state index is 12.9. The van der Waals surface area contributed by atoms with Crippen LogP contribution in [0.4, 0.5) is 0 Å². The van der Waals surface area contributed by atoms with Gasteiger partial charge in [-0.25, -0.2) is 4.79 Å². The van der Waals surface area contributed by atoms with E-state index >= 15 is 0 Å². The summed E-state index contributed by atoms with van der Waals surface area (Å²) in [4.78, 5) is 24.7. The van der Waals surface area contributed by atoms with Crippen molar-refractivity contribution < 1.29 is 49.0 Å². The number of rotatable bonds is 4. The van der Waals surface area contributed by atoms with E-state index in [0.717, 1.165) is 0 Å². The summed E-state index contributed by atoms with van der Waals surface area (Å²) in [5.41, 5.74) is 0.720. The molecule has 39 heavy (non-hydrogen) atoms. The summed E-state index contributed by atoms with van der Waals surface area (Å²) in [6, 6.07) is 15.2. The average molecular weight is 536 g/mol. The number of nitrogens with one attached hydrogen (secondary N) is 1. The lowest BCUT2D eigenvalue weighted by molar-refractivity contribution is -0.244. The number of aromatic hydroxyl groups is 1. The van der Waals surface area contributed by atoms with Crippen molar-refractivity contribution >= 4 is 11.9 Å². The molecule has 0 unspecified atom stereocenters. The monoisotopic (exact) mass is 535 g/mol. The van der Waals surface area contributed by atoms with Gasteiger partial charge in [0.25, 0.3) is 0 Å². The molecule has 0 bridgehead atoms. The molecule has 202 valence electrons. The molecule has 3 heterocycles. The number of hydrogen-bond acceptors (Lipinski definition) is 10. The first-order valence-electron chi connectivity index (χ1n) is 12.3. The van der Waals surface area contributed by atoms with Crippen LogP contribution in [0.25, 0.3) is 0 Å². The Morgan fingerprint density at radius 2 is 1.72 bits per heavy atom. The Labute approximate surface area is 222 Å². The molecule has 3 aromatic carbocycles. The number of amides is 1. The van der Waals surface area contributed by atoms with Gasteiger partial charge in [-0.1, -0.05) is 18.2 Å². The summed E-state index contributed by atoms with van der Waals surface area (Å²) >= 11 is 0. The number of aliphatic hydroxyl groups is 3.